The zero-order valence-corrected chi connectivity index (χ0v) is 19.6. The first-order chi connectivity index (χ1) is 15.4. The minimum absolute atomic E-state index is 0.183. The number of nitrogens with zero attached hydrogens (tertiary/aromatic N) is 1. The van der Waals surface area contributed by atoms with Crippen LogP contribution in [0.4, 0.5) is 0 Å². The maximum absolute atomic E-state index is 13.3. The van der Waals surface area contributed by atoms with Gasteiger partial charge in [0.1, 0.15) is 5.54 Å². The number of pyridine rings is 1. The molecule has 0 aliphatic heterocycles. The molecule has 0 unspecified atom stereocenters. The summed E-state index contributed by atoms with van der Waals surface area (Å²) in [6.45, 7) is 2.14. The summed E-state index contributed by atoms with van der Waals surface area (Å²) >= 11 is 1.62. The first kappa shape index (κ1) is 22.6. The molecule has 0 spiro atoms. The van der Waals surface area contributed by atoms with Gasteiger partial charge < -0.3 is 5.32 Å². The lowest BCUT2D eigenvalue weighted by Crippen LogP contribution is -2.59. The van der Waals surface area contributed by atoms with Gasteiger partial charge in [-0.2, -0.15) is 16.1 Å². The van der Waals surface area contributed by atoms with Gasteiger partial charge in [-0.05, 0) is 71.5 Å². The number of benzene rings is 1. The summed E-state index contributed by atoms with van der Waals surface area (Å²) in [7, 11) is -3.83. The van der Waals surface area contributed by atoms with Gasteiger partial charge in [0.15, 0.2) is 0 Å². The van der Waals surface area contributed by atoms with E-state index in [1.165, 1.54) is 0 Å². The van der Waals surface area contributed by atoms with Gasteiger partial charge in [-0.3, -0.25) is 9.78 Å². The van der Waals surface area contributed by atoms with Crippen molar-refractivity contribution in [3.05, 3.63) is 70.7 Å². The van der Waals surface area contributed by atoms with E-state index in [2.05, 4.69) is 20.4 Å². The molecule has 1 aromatic carbocycles. The van der Waals surface area contributed by atoms with Gasteiger partial charge in [0, 0.05) is 24.5 Å². The lowest BCUT2D eigenvalue weighted by atomic mass is 9.82. The molecule has 2 aromatic heterocycles. The summed E-state index contributed by atoms with van der Waals surface area (Å²) in [6, 6.07) is 10.8. The van der Waals surface area contributed by atoms with Crippen molar-refractivity contribution in [2.45, 2.75) is 56.0 Å². The van der Waals surface area contributed by atoms with E-state index in [0.717, 1.165) is 41.5 Å². The largest absolute Gasteiger partial charge is 0.350 e. The molecule has 4 rings (SSSR count). The Morgan fingerprint density at radius 1 is 1.09 bits per heavy atom. The number of aryl methyl sites for hydroxylation is 1. The van der Waals surface area contributed by atoms with Crippen LogP contribution < -0.4 is 10.0 Å². The molecule has 3 aromatic rings. The maximum Gasteiger partial charge on any atom is 0.241 e. The Balaban J connectivity index is 1.52. The predicted molar refractivity (Wildman–Crippen MR) is 127 cm³/mol. The Morgan fingerprint density at radius 2 is 1.91 bits per heavy atom. The van der Waals surface area contributed by atoms with E-state index in [-0.39, 0.29) is 17.3 Å². The van der Waals surface area contributed by atoms with Crippen LogP contribution in [0.25, 0.3) is 11.1 Å². The van der Waals surface area contributed by atoms with E-state index in [4.69, 9.17) is 0 Å². The van der Waals surface area contributed by atoms with E-state index in [0.29, 0.717) is 12.8 Å². The second kappa shape index (κ2) is 9.52. The summed E-state index contributed by atoms with van der Waals surface area (Å²) in [6.07, 6.45) is 7.09. The number of sulfonamides is 1. The van der Waals surface area contributed by atoms with Crippen LogP contribution in [-0.2, 0) is 21.4 Å². The van der Waals surface area contributed by atoms with Gasteiger partial charge >= 0.3 is 0 Å². The Bertz CT molecular complexity index is 1180. The molecule has 1 fully saturated rings. The summed E-state index contributed by atoms with van der Waals surface area (Å²) in [5, 5.41) is 7.03. The van der Waals surface area contributed by atoms with Crippen LogP contribution in [0.1, 0.15) is 43.2 Å². The molecule has 0 atom stereocenters. The molecular weight excluding hydrogens is 442 g/mol. The van der Waals surface area contributed by atoms with E-state index in [1.54, 1.807) is 41.9 Å². The SMILES string of the molecule is Cc1cccc(S(=O)(=O)NC2(C(=O)NCc3cncc(-c4ccsc4)c3)CCCCC2)c1. The smallest absolute Gasteiger partial charge is 0.241 e. The highest BCUT2D eigenvalue weighted by Gasteiger charge is 2.43. The van der Waals surface area contributed by atoms with Gasteiger partial charge in [0.05, 0.1) is 4.90 Å². The number of carbonyl (C=O) groups excluding carboxylic acids is 1. The number of thiophene rings is 1. The Morgan fingerprint density at radius 3 is 2.62 bits per heavy atom. The van der Waals surface area contributed by atoms with E-state index in [9.17, 15) is 13.2 Å². The predicted octanol–water partition coefficient (Wildman–Crippen LogP) is 4.42. The van der Waals surface area contributed by atoms with E-state index < -0.39 is 15.6 Å². The molecule has 1 amide bonds. The monoisotopic (exact) mass is 469 g/mol. The maximum atomic E-state index is 13.3. The van der Waals surface area contributed by atoms with Crippen molar-refractivity contribution < 1.29 is 13.2 Å². The number of nitrogens with one attached hydrogen (secondary N) is 2. The summed E-state index contributed by atoms with van der Waals surface area (Å²) < 4.78 is 29.0. The lowest BCUT2D eigenvalue weighted by Gasteiger charge is -2.36. The van der Waals surface area contributed by atoms with Crippen LogP contribution in [-0.4, -0.2) is 24.8 Å². The highest BCUT2D eigenvalue weighted by molar-refractivity contribution is 7.89. The molecular formula is C24H27N3O3S2. The standard InChI is InChI=1S/C24H27N3O3S2/c1-18-6-5-7-22(12-18)32(29,30)27-24(9-3-2-4-10-24)23(28)26-15-19-13-21(16-25-14-19)20-8-11-31-17-20/h5-8,11-14,16-17,27H,2-4,9-10,15H2,1H3,(H,26,28). The molecule has 1 saturated carbocycles. The summed E-state index contributed by atoms with van der Waals surface area (Å²) in [5.41, 5.74) is 2.66. The Kier molecular flexibility index (Phi) is 6.74. The van der Waals surface area contributed by atoms with Crippen molar-refractivity contribution in [2.24, 2.45) is 0 Å². The number of amides is 1. The second-order valence-electron chi connectivity index (χ2n) is 8.34. The molecule has 0 saturated heterocycles. The molecule has 6 nitrogen and oxygen atoms in total. The van der Waals surface area contributed by atoms with Gasteiger partial charge in [0.2, 0.25) is 15.9 Å². The second-order valence-corrected chi connectivity index (χ2v) is 10.8. The zero-order valence-electron chi connectivity index (χ0n) is 18.0. The van der Waals surface area contributed by atoms with Crippen molar-refractivity contribution in [3.63, 3.8) is 0 Å². The van der Waals surface area contributed by atoms with Gasteiger partial charge in [-0.15, -0.1) is 0 Å². The first-order valence-electron chi connectivity index (χ1n) is 10.7. The third kappa shape index (κ3) is 5.09. The molecule has 2 heterocycles. The fraction of sp³-hybridized carbons (Fsp3) is 0.333. The van der Waals surface area contributed by atoms with Gasteiger partial charge in [0.25, 0.3) is 0 Å². The highest BCUT2D eigenvalue weighted by Crippen LogP contribution is 2.31. The van der Waals surface area contributed by atoms with E-state index >= 15 is 0 Å². The zero-order chi connectivity index (χ0) is 22.6. The fourth-order valence-corrected chi connectivity index (χ4v) is 6.34. The molecule has 1 aliphatic rings. The van der Waals surface area contributed by atoms with Crippen LogP contribution in [0.2, 0.25) is 0 Å². The third-order valence-electron chi connectivity index (χ3n) is 5.87. The number of hydrogen-bond acceptors (Lipinski definition) is 5. The lowest BCUT2D eigenvalue weighted by molar-refractivity contribution is -0.128. The fourth-order valence-electron chi connectivity index (χ4n) is 4.15. The molecule has 32 heavy (non-hydrogen) atoms. The van der Waals surface area contributed by atoms with Crippen LogP contribution in [0.5, 0.6) is 0 Å². The Hall–Kier alpha value is -2.55. The first-order valence-corrected chi connectivity index (χ1v) is 13.2. The number of carbonyl (C=O) groups is 1. The van der Waals surface area contributed by atoms with E-state index in [1.807, 2.05) is 30.5 Å². The van der Waals surface area contributed by atoms with Crippen molar-refractivity contribution in [1.82, 2.24) is 15.0 Å². The average molecular weight is 470 g/mol. The number of hydrogen-bond donors (Lipinski definition) is 2. The molecule has 0 radical (unpaired) electrons. The number of rotatable bonds is 7. The highest BCUT2D eigenvalue weighted by atomic mass is 32.2. The van der Waals surface area contributed by atoms with Crippen molar-refractivity contribution in [1.29, 1.82) is 0 Å². The quantitative estimate of drug-likeness (QED) is 0.536. The topological polar surface area (TPSA) is 88.2 Å². The Labute approximate surface area is 193 Å². The van der Waals surface area contributed by atoms with Crippen LogP contribution in [0.15, 0.2) is 64.4 Å². The molecule has 2 N–H and O–H groups in total. The summed E-state index contributed by atoms with van der Waals surface area (Å²) in [5.74, 6) is -0.283. The van der Waals surface area contributed by atoms with Crippen LogP contribution >= 0.6 is 11.3 Å². The number of aromatic nitrogens is 1. The van der Waals surface area contributed by atoms with Crippen LogP contribution in [0, 0.1) is 6.92 Å². The minimum atomic E-state index is -3.83. The van der Waals surface area contributed by atoms with Gasteiger partial charge in [-0.1, -0.05) is 31.4 Å². The van der Waals surface area contributed by atoms with Crippen molar-refractivity contribution >= 4 is 27.3 Å². The van der Waals surface area contributed by atoms with Crippen LogP contribution in [0.3, 0.4) is 0 Å². The summed E-state index contributed by atoms with van der Waals surface area (Å²) in [4.78, 5) is 17.8. The molecule has 8 heteroatoms. The average Bonchev–Trinajstić information content (AvgIpc) is 3.33. The van der Waals surface area contributed by atoms with Gasteiger partial charge in [-0.25, -0.2) is 8.42 Å². The van der Waals surface area contributed by atoms with Crippen molar-refractivity contribution in [3.8, 4) is 11.1 Å². The third-order valence-corrected chi connectivity index (χ3v) is 8.09. The van der Waals surface area contributed by atoms with Crippen molar-refractivity contribution in [2.75, 3.05) is 0 Å². The minimum Gasteiger partial charge on any atom is -0.350 e. The molecule has 1 aliphatic carbocycles. The normalized spacial score (nSPS) is 15.9. The molecule has 0 bridgehead atoms. The molecule has 168 valence electrons.